The van der Waals surface area contributed by atoms with Crippen LogP contribution in [-0.2, 0) is 0 Å². The average molecular weight is 130 g/mol. The molecule has 0 rings (SSSR count). The van der Waals surface area contributed by atoms with Crippen LogP contribution in [0.25, 0.3) is 0 Å². The Balaban J connectivity index is 3.02. The molecule has 0 fully saturated rings. The molecule has 0 nitrogen and oxygen atoms in total. The Bertz CT molecular complexity index is 19.1. The summed E-state index contributed by atoms with van der Waals surface area (Å²) in [6.45, 7) is 6.56. The molecule has 0 saturated carbocycles. The number of hydrogen-bond donors (Lipinski definition) is 0. The number of hydrogen-bond acceptors (Lipinski definition) is 0. The van der Waals surface area contributed by atoms with Crippen LogP contribution in [0.2, 0.25) is 4.25 Å². The van der Waals surface area contributed by atoms with Crippen molar-refractivity contribution in [1.29, 1.82) is 0 Å². The van der Waals surface area contributed by atoms with Gasteiger partial charge >= 0.3 is 41.5 Å². The summed E-state index contributed by atoms with van der Waals surface area (Å²) in [6.07, 6.45) is 0. The molecule has 0 bridgehead atoms. The molecule has 1 heteroatoms. The van der Waals surface area contributed by atoms with E-state index >= 15 is 0 Å². The summed E-state index contributed by atoms with van der Waals surface area (Å²) in [5.41, 5.74) is 0. The summed E-state index contributed by atoms with van der Waals surface area (Å²) in [5.74, 6) is 0. The van der Waals surface area contributed by atoms with Crippen LogP contribution in [0.4, 0.5) is 0 Å². The normalized spacial score (nSPS) is 12.0. The summed E-state index contributed by atoms with van der Waals surface area (Å²) < 4.78 is 0.500. The van der Waals surface area contributed by atoms with Crippen molar-refractivity contribution in [3.63, 3.8) is 0 Å². The molecule has 0 aromatic heterocycles. The third kappa shape index (κ3) is 99.7. The summed E-state index contributed by atoms with van der Waals surface area (Å²) in [5, 5.41) is 0. The van der Waals surface area contributed by atoms with Crippen LogP contribution in [0.15, 0.2) is 0 Å². The molecule has 0 amide bonds. The molecule has 29 valence electrons. The maximum absolute atomic E-state index is 2.19. The van der Waals surface area contributed by atoms with Gasteiger partial charge in [0.2, 0.25) is 0 Å². The second-order valence-electron chi connectivity index (χ2n) is 2.25. The van der Waals surface area contributed by atoms with Crippen LogP contribution in [-0.4, -0.2) is 16.5 Å². The van der Waals surface area contributed by atoms with Gasteiger partial charge in [0.05, 0.1) is 0 Å². The van der Waals surface area contributed by atoms with Crippen molar-refractivity contribution in [2.24, 2.45) is 0 Å². The molecule has 0 spiro atoms. The molecular formula is C4H9Ge. The zero-order valence-corrected chi connectivity index (χ0v) is 6.10. The average Bonchev–Trinajstić information content (AvgIpc) is 0.722. The van der Waals surface area contributed by atoms with E-state index in [1.54, 1.807) is 0 Å². The zero-order chi connectivity index (χ0) is 4.50. The fraction of sp³-hybridized carbons (Fsp3) is 1.00. The predicted molar refractivity (Wildman–Crippen MR) is 25.5 cm³/mol. The molecule has 0 aliphatic rings. The van der Waals surface area contributed by atoms with Crippen LogP contribution in [0.5, 0.6) is 0 Å². The van der Waals surface area contributed by atoms with Crippen molar-refractivity contribution in [3.8, 4) is 0 Å². The van der Waals surface area contributed by atoms with Crippen molar-refractivity contribution in [3.05, 3.63) is 0 Å². The summed E-state index contributed by atoms with van der Waals surface area (Å²) >= 11 is 2.19. The third-order valence-electron chi connectivity index (χ3n) is 0. The molecule has 3 radical (unpaired) electrons. The third-order valence-corrected chi connectivity index (χ3v) is 0. The van der Waals surface area contributed by atoms with Crippen LogP contribution >= 0.6 is 0 Å². The van der Waals surface area contributed by atoms with E-state index in [4.69, 9.17) is 0 Å². The predicted octanol–water partition coefficient (Wildman–Crippen LogP) is 1.37. The van der Waals surface area contributed by atoms with Gasteiger partial charge in [-0.05, 0) is 0 Å². The van der Waals surface area contributed by atoms with Crippen molar-refractivity contribution in [1.82, 2.24) is 0 Å². The zero-order valence-electron chi connectivity index (χ0n) is 4.00. The monoisotopic (exact) mass is 131 g/mol. The molecule has 0 heterocycles. The minimum absolute atomic E-state index is 0.500. The van der Waals surface area contributed by atoms with E-state index < -0.39 is 0 Å². The standard InChI is InChI=1S/C4H9Ge/c1-4(2,3)5/h1-3H3. The molecule has 0 aliphatic carbocycles. The summed E-state index contributed by atoms with van der Waals surface area (Å²) in [6, 6.07) is 0. The van der Waals surface area contributed by atoms with E-state index in [0.717, 1.165) is 0 Å². The van der Waals surface area contributed by atoms with Crippen LogP contribution in [0.3, 0.4) is 0 Å². The van der Waals surface area contributed by atoms with E-state index in [1.165, 1.54) is 0 Å². The first-order valence-electron chi connectivity index (χ1n) is 1.75. The first kappa shape index (κ1) is 5.54. The summed E-state index contributed by atoms with van der Waals surface area (Å²) in [4.78, 5) is 0. The van der Waals surface area contributed by atoms with Gasteiger partial charge in [-0.3, -0.25) is 0 Å². The Morgan fingerprint density at radius 1 is 1.20 bits per heavy atom. The molecule has 0 aromatic carbocycles. The van der Waals surface area contributed by atoms with Crippen LogP contribution < -0.4 is 0 Å². The molecule has 0 atom stereocenters. The Kier molecular flexibility index (Phi) is 1.48. The van der Waals surface area contributed by atoms with Crippen molar-refractivity contribution >= 4 is 16.5 Å². The molecule has 0 aliphatic heterocycles. The fourth-order valence-electron chi connectivity index (χ4n) is 0. The van der Waals surface area contributed by atoms with Gasteiger partial charge in [0, 0.05) is 0 Å². The molecule has 0 aromatic rings. The molecule has 0 N–H and O–H groups in total. The Morgan fingerprint density at radius 3 is 1.20 bits per heavy atom. The van der Waals surface area contributed by atoms with Gasteiger partial charge in [-0.25, -0.2) is 0 Å². The Morgan fingerprint density at radius 2 is 1.20 bits per heavy atom. The van der Waals surface area contributed by atoms with E-state index in [-0.39, 0.29) is 0 Å². The second-order valence-corrected chi connectivity index (χ2v) is 5.40. The van der Waals surface area contributed by atoms with Gasteiger partial charge in [0.25, 0.3) is 0 Å². The minimum atomic E-state index is 0.500. The van der Waals surface area contributed by atoms with E-state index in [0.29, 0.717) is 4.25 Å². The van der Waals surface area contributed by atoms with Crippen LogP contribution in [0, 0.1) is 0 Å². The molecule has 5 heavy (non-hydrogen) atoms. The quantitative estimate of drug-likeness (QED) is 0.434. The van der Waals surface area contributed by atoms with E-state index in [9.17, 15) is 0 Å². The van der Waals surface area contributed by atoms with Gasteiger partial charge in [0.1, 0.15) is 0 Å². The van der Waals surface area contributed by atoms with Gasteiger partial charge in [-0.1, -0.05) is 0 Å². The molecule has 0 unspecified atom stereocenters. The SMILES string of the molecule is C[C](C)(C)[Ge]. The van der Waals surface area contributed by atoms with Gasteiger partial charge in [-0.2, -0.15) is 0 Å². The first-order chi connectivity index (χ1) is 2.00. The molecular weight excluding hydrogens is 121 g/mol. The maximum atomic E-state index is 2.19. The topological polar surface area (TPSA) is 0 Å². The molecule has 0 saturated heterocycles. The van der Waals surface area contributed by atoms with Crippen molar-refractivity contribution < 1.29 is 0 Å². The second kappa shape index (κ2) is 1.33. The Hall–Kier alpha value is 0.543. The van der Waals surface area contributed by atoms with Crippen molar-refractivity contribution in [2.75, 3.05) is 0 Å². The van der Waals surface area contributed by atoms with Crippen molar-refractivity contribution in [2.45, 2.75) is 25.0 Å². The van der Waals surface area contributed by atoms with Gasteiger partial charge in [-0.15, -0.1) is 0 Å². The first-order valence-corrected chi connectivity index (χ1v) is 2.80. The van der Waals surface area contributed by atoms with Gasteiger partial charge < -0.3 is 0 Å². The van der Waals surface area contributed by atoms with Gasteiger partial charge in [0.15, 0.2) is 0 Å². The summed E-state index contributed by atoms with van der Waals surface area (Å²) in [7, 11) is 0. The number of rotatable bonds is 0. The van der Waals surface area contributed by atoms with Crippen LogP contribution in [0.1, 0.15) is 20.8 Å². The Labute approximate surface area is 42.2 Å². The fourth-order valence-corrected chi connectivity index (χ4v) is 0. The van der Waals surface area contributed by atoms with E-state index in [2.05, 4.69) is 37.3 Å². The van der Waals surface area contributed by atoms with E-state index in [1.807, 2.05) is 0 Å².